The van der Waals surface area contributed by atoms with E-state index in [1.165, 1.54) is 0 Å². The highest BCUT2D eigenvalue weighted by Gasteiger charge is 2.07. The number of halogens is 1. The van der Waals surface area contributed by atoms with E-state index < -0.39 is 0 Å². The number of methoxy groups -OCH3 is 1. The zero-order chi connectivity index (χ0) is 11.0. The number of hydrogen-bond donors (Lipinski definition) is 1. The lowest BCUT2D eigenvalue weighted by Gasteiger charge is -2.05. The lowest BCUT2D eigenvalue weighted by atomic mass is 10.2. The second kappa shape index (κ2) is 3.66. The van der Waals surface area contributed by atoms with E-state index in [0.717, 1.165) is 4.47 Å². The number of nitrogens with one attached hydrogen (secondary N) is 1. The predicted octanol–water partition coefficient (Wildman–Crippen LogP) is 2.00. The van der Waals surface area contributed by atoms with Crippen LogP contribution in [0, 0.1) is 6.92 Å². The van der Waals surface area contributed by atoms with E-state index in [-0.39, 0.29) is 5.43 Å². The first-order chi connectivity index (χ1) is 7.13. The Morgan fingerprint density at radius 1 is 1.47 bits per heavy atom. The van der Waals surface area contributed by atoms with Crippen molar-refractivity contribution in [3.63, 3.8) is 0 Å². The Hall–Kier alpha value is -1.36. The van der Waals surface area contributed by atoms with Crippen LogP contribution in [0.15, 0.2) is 21.4 Å². The average Bonchev–Trinajstić information content (AvgIpc) is 2.23. The van der Waals surface area contributed by atoms with Gasteiger partial charge in [-0.15, -0.1) is 0 Å². The van der Waals surface area contributed by atoms with Gasteiger partial charge in [0.25, 0.3) is 0 Å². The average molecular weight is 269 g/mol. The molecule has 4 nitrogen and oxygen atoms in total. The van der Waals surface area contributed by atoms with Crippen molar-refractivity contribution in [2.24, 2.45) is 0 Å². The lowest BCUT2D eigenvalue weighted by molar-refractivity contribution is 0.413. The summed E-state index contributed by atoms with van der Waals surface area (Å²) in [5, 5.41) is 7.31. The van der Waals surface area contributed by atoms with Crippen LogP contribution in [0.5, 0.6) is 5.75 Å². The number of benzene rings is 1. The maximum absolute atomic E-state index is 11.8. The van der Waals surface area contributed by atoms with Crippen molar-refractivity contribution in [1.82, 2.24) is 10.2 Å². The maximum atomic E-state index is 11.8. The van der Waals surface area contributed by atoms with Crippen LogP contribution in [-0.4, -0.2) is 17.3 Å². The van der Waals surface area contributed by atoms with Crippen LogP contribution >= 0.6 is 15.9 Å². The van der Waals surface area contributed by atoms with Gasteiger partial charge in [-0.1, -0.05) is 0 Å². The van der Waals surface area contributed by atoms with Gasteiger partial charge in [0.2, 0.25) is 5.43 Å². The van der Waals surface area contributed by atoms with Gasteiger partial charge in [0.1, 0.15) is 11.4 Å². The minimum atomic E-state index is -0.0745. The largest absolute Gasteiger partial charge is 0.496 e. The van der Waals surface area contributed by atoms with Crippen LogP contribution in [-0.2, 0) is 0 Å². The Bertz CT molecular complexity index is 577. The van der Waals surface area contributed by atoms with Gasteiger partial charge >= 0.3 is 0 Å². The normalized spacial score (nSPS) is 10.6. The van der Waals surface area contributed by atoms with Gasteiger partial charge in [-0.25, -0.2) is 0 Å². The number of H-pyrrole nitrogens is 1. The number of aromatic nitrogens is 2. The highest BCUT2D eigenvalue weighted by Crippen LogP contribution is 2.27. The molecule has 2 rings (SSSR count). The van der Waals surface area contributed by atoms with Crippen LogP contribution < -0.4 is 10.2 Å². The molecule has 5 heteroatoms. The molecule has 2 aromatic rings. The number of fused-ring (bicyclic) bond motifs is 1. The smallest absolute Gasteiger partial charge is 0.210 e. The molecule has 0 saturated carbocycles. The van der Waals surface area contributed by atoms with Crippen LogP contribution in [0.25, 0.3) is 10.9 Å². The van der Waals surface area contributed by atoms with Crippen molar-refractivity contribution in [3.05, 3.63) is 32.5 Å². The van der Waals surface area contributed by atoms with Crippen LogP contribution in [0.4, 0.5) is 0 Å². The van der Waals surface area contributed by atoms with Gasteiger partial charge in [-0.3, -0.25) is 9.89 Å². The molecule has 1 N–H and O–H groups in total. The van der Waals surface area contributed by atoms with E-state index in [1.54, 1.807) is 26.2 Å². The van der Waals surface area contributed by atoms with Gasteiger partial charge < -0.3 is 4.74 Å². The monoisotopic (exact) mass is 268 g/mol. The molecular weight excluding hydrogens is 260 g/mol. The summed E-state index contributed by atoms with van der Waals surface area (Å²) in [6.07, 6.45) is 0. The zero-order valence-corrected chi connectivity index (χ0v) is 9.88. The number of nitrogens with zero attached hydrogens (tertiary/aromatic N) is 1. The van der Waals surface area contributed by atoms with Gasteiger partial charge in [0.05, 0.1) is 22.5 Å². The third-order valence-corrected chi connectivity index (χ3v) is 2.83. The van der Waals surface area contributed by atoms with E-state index in [9.17, 15) is 4.79 Å². The molecule has 1 aromatic carbocycles. The molecule has 0 amide bonds. The van der Waals surface area contributed by atoms with E-state index in [0.29, 0.717) is 22.3 Å². The minimum absolute atomic E-state index is 0.0745. The zero-order valence-electron chi connectivity index (χ0n) is 8.30. The van der Waals surface area contributed by atoms with Crippen molar-refractivity contribution < 1.29 is 4.74 Å². The summed E-state index contributed by atoms with van der Waals surface area (Å²) in [4.78, 5) is 11.8. The summed E-state index contributed by atoms with van der Waals surface area (Å²) in [5.74, 6) is 0.638. The molecule has 0 aliphatic carbocycles. The lowest BCUT2D eigenvalue weighted by Crippen LogP contribution is -2.09. The number of rotatable bonds is 1. The number of aryl methyl sites for hydroxylation is 1. The first-order valence-corrected chi connectivity index (χ1v) is 5.15. The van der Waals surface area contributed by atoms with Crippen LogP contribution in [0.2, 0.25) is 0 Å². The van der Waals surface area contributed by atoms with E-state index in [4.69, 9.17) is 4.74 Å². The molecule has 0 aliphatic rings. The van der Waals surface area contributed by atoms with Crippen molar-refractivity contribution in [2.75, 3.05) is 7.11 Å². The van der Waals surface area contributed by atoms with Gasteiger partial charge in [-0.05, 0) is 35.0 Å². The third-order valence-electron chi connectivity index (χ3n) is 2.21. The molecule has 15 heavy (non-hydrogen) atoms. The van der Waals surface area contributed by atoms with Crippen molar-refractivity contribution in [3.8, 4) is 5.75 Å². The number of ether oxygens (including phenoxy) is 1. The summed E-state index contributed by atoms with van der Waals surface area (Å²) in [6.45, 7) is 1.67. The number of aromatic amines is 1. The maximum Gasteiger partial charge on any atom is 0.210 e. The topological polar surface area (TPSA) is 55.0 Å². The Morgan fingerprint density at radius 2 is 2.20 bits per heavy atom. The molecule has 0 bridgehead atoms. The Kier molecular flexibility index (Phi) is 2.48. The third kappa shape index (κ3) is 1.63. The predicted molar refractivity (Wildman–Crippen MR) is 61.4 cm³/mol. The quantitative estimate of drug-likeness (QED) is 0.861. The minimum Gasteiger partial charge on any atom is -0.496 e. The molecule has 1 aromatic heterocycles. The van der Waals surface area contributed by atoms with Crippen molar-refractivity contribution in [1.29, 1.82) is 0 Å². The van der Waals surface area contributed by atoms with Crippen molar-refractivity contribution >= 4 is 26.8 Å². The molecule has 0 unspecified atom stereocenters. The van der Waals surface area contributed by atoms with Gasteiger partial charge in [0, 0.05) is 0 Å². The molecule has 0 radical (unpaired) electrons. The SMILES string of the molecule is COc1cc2c(=O)c(C)n[nH]c2cc1Br. The van der Waals surface area contributed by atoms with E-state index >= 15 is 0 Å². The van der Waals surface area contributed by atoms with E-state index in [2.05, 4.69) is 26.1 Å². The fraction of sp³-hybridized carbons (Fsp3) is 0.200. The summed E-state index contributed by atoms with van der Waals surface area (Å²) in [6, 6.07) is 3.48. The van der Waals surface area contributed by atoms with Crippen LogP contribution in [0.3, 0.4) is 0 Å². The Morgan fingerprint density at radius 3 is 2.87 bits per heavy atom. The summed E-state index contributed by atoms with van der Waals surface area (Å²) >= 11 is 3.35. The molecule has 0 atom stereocenters. The molecule has 1 heterocycles. The molecule has 0 saturated heterocycles. The number of hydrogen-bond acceptors (Lipinski definition) is 3. The summed E-state index contributed by atoms with van der Waals surface area (Å²) < 4.78 is 5.92. The summed E-state index contributed by atoms with van der Waals surface area (Å²) in [7, 11) is 1.56. The molecule has 0 spiro atoms. The summed E-state index contributed by atoms with van der Waals surface area (Å²) in [5.41, 5.74) is 1.07. The molecular formula is C10H9BrN2O2. The highest BCUT2D eigenvalue weighted by molar-refractivity contribution is 9.10. The fourth-order valence-electron chi connectivity index (χ4n) is 1.38. The second-order valence-electron chi connectivity index (χ2n) is 3.17. The molecule has 78 valence electrons. The van der Waals surface area contributed by atoms with Crippen molar-refractivity contribution in [2.45, 2.75) is 6.92 Å². The molecule has 0 fully saturated rings. The Balaban J connectivity index is 2.89. The van der Waals surface area contributed by atoms with Crippen LogP contribution in [0.1, 0.15) is 5.69 Å². The first-order valence-electron chi connectivity index (χ1n) is 4.36. The highest BCUT2D eigenvalue weighted by atomic mass is 79.9. The van der Waals surface area contributed by atoms with E-state index in [1.807, 2.05) is 0 Å². The van der Waals surface area contributed by atoms with Gasteiger partial charge in [-0.2, -0.15) is 5.10 Å². The standard InChI is InChI=1S/C10H9BrN2O2/c1-5-10(14)6-3-9(15-2)7(11)4-8(6)13-12-5/h3-4H,1-2H3,(H,13,14). The second-order valence-corrected chi connectivity index (χ2v) is 4.02. The Labute approximate surface area is 94.4 Å². The first kappa shape index (κ1) is 10.2. The molecule has 0 aliphatic heterocycles. The fourth-order valence-corrected chi connectivity index (χ4v) is 1.89. The van der Waals surface area contributed by atoms with Gasteiger partial charge in [0.15, 0.2) is 0 Å².